The van der Waals surface area contributed by atoms with Gasteiger partial charge in [-0.1, -0.05) is 130 Å². The molecule has 0 aromatic heterocycles. The highest BCUT2D eigenvalue weighted by atomic mass is 28.4. The zero-order valence-corrected chi connectivity index (χ0v) is 25.8. The molecule has 0 saturated carbocycles. The van der Waals surface area contributed by atoms with Gasteiger partial charge in [0.05, 0.1) is 6.10 Å². The minimum atomic E-state index is -1.95. The van der Waals surface area contributed by atoms with Gasteiger partial charge in [0.2, 0.25) is 8.32 Å². The van der Waals surface area contributed by atoms with Gasteiger partial charge in [0.15, 0.2) is 0 Å². The van der Waals surface area contributed by atoms with Crippen molar-refractivity contribution in [3.8, 4) is 11.5 Å². The third kappa shape index (κ3) is 7.88. The summed E-state index contributed by atoms with van der Waals surface area (Å²) in [6.07, 6.45) is 16.6. The number of allylic oxidation sites excluding steroid dienone is 1. The van der Waals surface area contributed by atoms with Crippen molar-refractivity contribution < 1.29 is 4.43 Å². The topological polar surface area (TPSA) is 9.23 Å². The average Bonchev–Trinajstić information content (AvgIpc) is 2.69. The highest BCUT2D eigenvalue weighted by molar-refractivity contribution is 6.83. The van der Waals surface area contributed by atoms with Crippen LogP contribution in [-0.2, 0) is 4.43 Å². The van der Waals surface area contributed by atoms with E-state index in [4.69, 9.17) is 4.43 Å². The lowest BCUT2D eigenvalue weighted by atomic mass is 9.26. The molecule has 188 valence electrons. The average molecular weight is 487 g/mol. The molecular weight excluding hydrogens is 431 g/mol. The second-order valence-corrected chi connectivity index (χ2v) is 23.4. The summed E-state index contributed by atoms with van der Waals surface area (Å²) in [6, 6.07) is 0. The van der Waals surface area contributed by atoms with Gasteiger partial charge >= 0.3 is 0 Å². The predicted octanol–water partition coefficient (Wildman–Crippen LogP) is 9.61. The summed E-state index contributed by atoms with van der Waals surface area (Å²) in [5.74, 6) is 5.93. The predicted molar refractivity (Wildman–Crippen MR) is 156 cm³/mol. The van der Waals surface area contributed by atoms with E-state index in [9.17, 15) is 0 Å². The van der Waals surface area contributed by atoms with Gasteiger partial charge in [-0.05, 0) is 30.0 Å². The Kier molecular flexibility index (Phi) is 11.1. The Labute approximate surface area is 210 Å². The third-order valence-corrected chi connectivity index (χ3v) is 15.7. The van der Waals surface area contributed by atoms with E-state index in [1.54, 1.807) is 0 Å². The van der Waals surface area contributed by atoms with Crippen molar-refractivity contribution in [3.63, 3.8) is 0 Å². The maximum atomic E-state index is 7.28. The molecule has 2 aliphatic heterocycles. The monoisotopic (exact) mass is 486 g/mol. The summed E-state index contributed by atoms with van der Waals surface area (Å²) in [4.78, 5) is 0. The number of fused-ring (bicyclic) bond motifs is 2. The molecule has 2 heterocycles. The molecule has 0 radical (unpaired) electrons. The summed E-state index contributed by atoms with van der Waals surface area (Å²) in [5.41, 5.74) is 5.45. The first-order valence-electron chi connectivity index (χ1n) is 14.3. The van der Waals surface area contributed by atoms with Gasteiger partial charge in [-0.3, -0.25) is 0 Å². The largest absolute Gasteiger partial charge is 0.409 e. The molecule has 2 bridgehead atoms. The smallest absolute Gasteiger partial charge is 0.201 e. The summed E-state index contributed by atoms with van der Waals surface area (Å²) in [5, 5.41) is 0. The molecule has 0 N–H and O–H groups in total. The van der Waals surface area contributed by atoms with E-state index >= 15 is 0 Å². The number of rotatable bonds is 10. The van der Waals surface area contributed by atoms with Crippen molar-refractivity contribution in [1.82, 2.24) is 0 Å². The Hall–Kier alpha value is -0.241. The van der Waals surface area contributed by atoms with Crippen LogP contribution in [0.2, 0.25) is 54.2 Å². The van der Waals surface area contributed by atoms with Crippen molar-refractivity contribution in [2.24, 2.45) is 5.92 Å². The molecule has 2 rings (SSSR count). The lowest BCUT2D eigenvalue weighted by molar-refractivity contribution is 0.186. The first-order chi connectivity index (χ1) is 15.4. The van der Waals surface area contributed by atoms with E-state index in [-0.39, 0.29) is 12.0 Å². The molecular formula is C29H55BOSi2. The van der Waals surface area contributed by atoms with Crippen LogP contribution in [-0.4, -0.2) is 29.2 Å². The van der Waals surface area contributed by atoms with Crippen molar-refractivity contribution in [1.29, 1.82) is 0 Å². The molecule has 33 heavy (non-hydrogen) atoms. The van der Waals surface area contributed by atoms with Crippen LogP contribution >= 0.6 is 0 Å². The van der Waals surface area contributed by atoms with Crippen LogP contribution in [0.25, 0.3) is 0 Å². The Morgan fingerprint density at radius 2 is 1.33 bits per heavy atom. The zero-order valence-electron chi connectivity index (χ0n) is 23.8. The Balaban J connectivity index is 2.18. The van der Waals surface area contributed by atoms with Gasteiger partial charge in [0.1, 0.15) is 14.8 Å². The van der Waals surface area contributed by atoms with Crippen LogP contribution in [0.3, 0.4) is 0 Å². The number of hydrogen-bond acceptors (Lipinski definition) is 1. The normalized spacial score (nSPS) is 23.8. The molecule has 2 atom stereocenters. The molecule has 4 heteroatoms. The van der Waals surface area contributed by atoms with Crippen molar-refractivity contribution in [2.75, 3.05) is 0 Å². The molecule has 2 fully saturated rings. The molecule has 2 aliphatic rings. The van der Waals surface area contributed by atoms with Gasteiger partial charge in [-0.15, -0.1) is 11.5 Å². The standard InChI is InChI=1S/C29H55BOSi2/c1-23(2)33(24(3)4,25(5)6)31-29(26(7)20-22-32(8,9)10)19-11-12-21-30-27-15-13-16-28(30)18-14-17-27/h11,19,23-29H,12-18,21H2,1-10H3/b19-11+/t26-,27?,28?,29+/m1/s1. The Bertz CT molecular complexity index is 638. The fourth-order valence-corrected chi connectivity index (χ4v) is 13.4. The van der Waals surface area contributed by atoms with Gasteiger partial charge in [0.25, 0.3) is 0 Å². The van der Waals surface area contributed by atoms with Crippen LogP contribution in [0.5, 0.6) is 0 Å². The third-order valence-electron chi connectivity index (χ3n) is 8.72. The Morgan fingerprint density at radius 3 is 1.76 bits per heavy atom. The molecule has 0 unspecified atom stereocenters. The molecule has 0 aromatic rings. The van der Waals surface area contributed by atoms with Crippen LogP contribution in [0.4, 0.5) is 0 Å². The summed E-state index contributed by atoms with van der Waals surface area (Å²) in [7, 11) is -3.34. The summed E-state index contributed by atoms with van der Waals surface area (Å²) >= 11 is 0. The van der Waals surface area contributed by atoms with Crippen LogP contribution in [0.15, 0.2) is 12.2 Å². The second kappa shape index (κ2) is 12.6. The van der Waals surface area contributed by atoms with E-state index in [2.05, 4.69) is 91.7 Å². The molecule has 0 aliphatic carbocycles. The highest BCUT2D eigenvalue weighted by Gasteiger charge is 2.47. The van der Waals surface area contributed by atoms with Gasteiger partial charge in [-0.25, -0.2) is 0 Å². The minimum Gasteiger partial charge on any atom is -0.409 e. The van der Waals surface area contributed by atoms with Crippen molar-refractivity contribution in [3.05, 3.63) is 12.2 Å². The second-order valence-electron chi connectivity index (χ2n) is 13.3. The molecule has 0 spiro atoms. The molecule has 0 amide bonds. The van der Waals surface area contributed by atoms with Crippen LogP contribution in [0, 0.1) is 17.4 Å². The van der Waals surface area contributed by atoms with E-state index in [0.29, 0.717) is 16.6 Å². The quantitative estimate of drug-likeness (QED) is 0.170. The fraction of sp³-hybridized carbons (Fsp3) is 0.862. The molecule has 0 aromatic carbocycles. The molecule has 2 saturated heterocycles. The SMILES string of the molecule is CC(C)[Si](O[C@@H](/C=C/CCB1C2CCCC1CCC2)[C@H](C)C#C[Si](C)(C)C)(C(C)C)C(C)C. The van der Waals surface area contributed by atoms with Crippen LogP contribution < -0.4 is 0 Å². The zero-order chi connectivity index (χ0) is 24.8. The lowest BCUT2D eigenvalue weighted by Crippen LogP contribution is -2.50. The van der Waals surface area contributed by atoms with E-state index in [0.717, 1.165) is 18.3 Å². The molecule has 1 nitrogen and oxygen atoms in total. The van der Waals surface area contributed by atoms with Crippen molar-refractivity contribution >= 4 is 23.1 Å². The lowest BCUT2D eigenvalue weighted by Gasteiger charge is -2.45. The van der Waals surface area contributed by atoms with Gasteiger partial charge in [-0.2, -0.15) is 0 Å². The number of hydrogen-bond donors (Lipinski definition) is 0. The Morgan fingerprint density at radius 1 is 0.848 bits per heavy atom. The maximum absolute atomic E-state index is 7.28. The highest BCUT2D eigenvalue weighted by Crippen LogP contribution is 2.48. The summed E-state index contributed by atoms with van der Waals surface area (Å²) < 4.78 is 7.28. The maximum Gasteiger partial charge on any atom is 0.201 e. The van der Waals surface area contributed by atoms with Gasteiger partial charge in [0, 0.05) is 5.92 Å². The van der Waals surface area contributed by atoms with Gasteiger partial charge < -0.3 is 4.43 Å². The van der Waals surface area contributed by atoms with E-state index in [1.807, 2.05) is 0 Å². The van der Waals surface area contributed by atoms with E-state index < -0.39 is 16.4 Å². The minimum absolute atomic E-state index is 0.124. The first kappa shape index (κ1) is 29.0. The van der Waals surface area contributed by atoms with Crippen LogP contribution in [0.1, 0.15) is 93.4 Å². The fourth-order valence-electron chi connectivity index (χ4n) is 7.17. The summed E-state index contributed by atoms with van der Waals surface area (Å²) in [6.45, 7) is 24.7. The van der Waals surface area contributed by atoms with E-state index in [1.165, 1.54) is 51.3 Å². The van der Waals surface area contributed by atoms with Crippen molar-refractivity contribution in [2.45, 2.75) is 154 Å². The first-order valence-corrected chi connectivity index (χ1v) is 19.9.